The van der Waals surface area contributed by atoms with Crippen LogP contribution in [0.1, 0.15) is 32.8 Å². The molecule has 1 heterocycles. The number of carbonyl (C=O) groups excluding carboxylic acids is 1. The van der Waals surface area contributed by atoms with Gasteiger partial charge in [0, 0.05) is 19.6 Å². The van der Waals surface area contributed by atoms with Crippen LogP contribution in [-0.2, 0) is 11.2 Å². The topological polar surface area (TPSA) is 70.7 Å². The predicted octanol–water partition coefficient (Wildman–Crippen LogP) is 2.65. The summed E-state index contributed by atoms with van der Waals surface area (Å²) >= 11 is 0. The van der Waals surface area contributed by atoms with Gasteiger partial charge in [0.25, 0.3) is 0 Å². The van der Waals surface area contributed by atoms with Gasteiger partial charge in [0.2, 0.25) is 5.91 Å². The number of amides is 1. The van der Waals surface area contributed by atoms with E-state index in [-0.39, 0.29) is 29.9 Å². The number of nitrogens with two attached hydrogens (primary N) is 1. The first-order valence-electron chi connectivity index (χ1n) is 8.79. The van der Waals surface area contributed by atoms with Crippen molar-refractivity contribution in [1.29, 1.82) is 0 Å². The molecule has 25 heavy (non-hydrogen) atoms. The number of carbonyl (C=O) groups is 1. The first-order chi connectivity index (χ1) is 11.4. The van der Waals surface area contributed by atoms with Crippen LogP contribution in [0.4, 0.5) is 0 Å². The fourth-order valence-corrected chi connectivity index (χ4v) is 2.92. The molecule has 0 spiro atoms. The van der Waals surface area contributed by atoms with Gasteiger partial charge in [0.15, 0.2) is 5.96 Å². The highest BCUT2D eigenvalue weighted by atomic mass is 127. The first kappa shape index (κ1) is 21.7. The van der Waals surface area contributed by atoms with E-state index in [1.807, 2.05) is 13.8 Å². The quantitative estimate of drug-likeness (QED) is 0.391. The number of halogens is 1. The molecule has 0 bridgehead atoms. The molecule has 1 atom stereocenters. The van der Waals surface area contributed by atoms with E-state index in [1.165, 1.54) is 12.0 Å². The Morgan fingerprint density at radius 1 is 1.36 bits per heavy atom. The van der Waals surface area contributed by atoms with Crippen LogP contribution in [0.2, 0.25) is 0 Å². The van der Waals surface area contributed by atoms with Crippen molar-refractivity contribution >= 4 is 35.8 Å². The summed E-state index contributed by atoms with van der Waals surface area (Å²) in [6, 6.07) is 10.6. The maximum atomic E-state index is 11.5. The van der Waals surface area contributed by atoms with Gasteiger partial charge in [-0.2, -0.15) is 0 Å². The molecular formula is C19H31IN4O. The van der Waals surface area contributed by atoms with Crippen molar-refractivity contribution in [1.82, 2.24) is 10.2 Å². The summed E-state index contributed by atoms with van der Waals surface area (Å²) in [5.41, 5.74) is 6.22. The van der Waals surface area contributed by atoms with Crippen LogP contribution in [0.3, 0.4) is 0 Å². The van der Waals surface area contributed by atoms with Crippen molar-refractivity contribution in [3.8, 4) is 0 Å². The van der Waals surface area contributed by atoms with Crippen molar-refractivity contribution in [2.45, 2.75) is 33.6 Å². The Labute approximate surface area is 168 Å². The number of hydrogen-bond donors (Lipinski definition) is 2. The molecular weight excluding hydrogens is 427 g/mol. The van der Waals surface area contributed by atoms with E-state index in [0.717, 1.165) is 32.0 Å². The van der Waals surface area contributed by atoms with E-state index < -0.39 is 5.41 Å². The number of primary amides is 1. The molecule has 0 radical (unpaired) electrons. The van der Waals surface area contributed by atoms with Crippen LogP contribution in [0.25, 0.3) is 0 Å². The largest absolute Gasteiger partial charge is 0.369 e. The second-order valence-corrected chi connectivity index (χ2v) is 7.21. The first-order valence-corrected chi connectivity index (χ1v) is 8.79. The van der Waals surface area contributed by atoms with Gasteiger partial charge in [-0.3, -0.25) is 9.79 Å². The highest BCUT2D eigenvalue weighted by Crippen LogP contribution is 2.21. The molecule has 1 aliphatic rings. The smallest absolute Gasteiger partial charge is 0.224 e. The summed E-state index contributed by atoms with van der Waals surface area (Å²) in [5, 5.41) is 3.34. The predicted molar refractivity (Wildman–Crippen MR) is 114 cm³/mol. The summed E-state index contributed by atoms with van der Waals surface area (Å²) in [6.45, 7) is 8.96. The molecule has 6 heteroatoms. The van der Waals surface area contributed by atoms with E-state index in [1.54, 1.807) is 0 Å². The van der Waals surface area contributed by atoms with Crippen LogP contribution in [0.15, 0.2) is 35.3 Å². The lowest BCUT2D eigenvalue weighted by Crippen LogP contribution is -2.42. The van der Waals surface area contributed by atoms with E-state index >= 15 is 0 Å². The summed E-state index contributed by atoms with van der Waals surface area (Å²) in [7, 11) is 0. The lowest BCUT2D eigenvalue weighted by molar-refractivity contribution is -0.125. The average molecular weight is 458 g/mol. The fraction of sp³-hybridized carbons (Fsp3) is 0.579. The molecule has 5 nitrogen and oxygen atoms in total. The van der Waals surface area contributed by atoms with Crippen molar-refractivity contribution in [2.24, 2.45) is 22.1 Å². The summed E-state index contributed by atoms with van der Waals surface area (Å²) in [5.74, 6) is 1.22. The molecule has 1 aromatic rings. The third-order valence-electron chi connectivity index (χ3n) is 4.58. The molecule has 1 unspecified atom stereocenters. The van der Waals surface area contributed by atoms with Crippen molar-refractivity contribution in [3.63, 3.8) is 0 Å². The van der Waals surface area contributed by atoms with Gasteiger partial charge in [-0.15, -0.1) is 24.0 Å². The number of guanidine groups is 1. The molecule has 0 aliphatic carbocycles. The molecule has 140 valence electrons. The van der Waals surface area contributed by atoms with Crippen LogP contribution in [0, 0.1) is 11.3 Å². The van der Waals surface area contributed by atoms with Crippen molar-refractivity contribution < 1.29 is 4.79 Å². The molecule has 1 amide bonds. The average Bonchev–Trinajstić information content (AvgIpc) is 3.00. The monoisotopic (exact) mass is 458 g/mol. The Hall–Kier alpha value is -1.31. The van der Waals surface area contributed by atoms with Crippen LogP contribution in [0.5, 0.6) is 0 Å². The lowest BCUT2D eigenvalue weighted by atomic mass is 9.93. The van der Waals surface area contributed by atoms with E-state index in [2.05, 4.69) is 52.5 Å². The maximum absolute atomic E-state index is 11.5. The highest BCUT2D eigenvalue weighted by Gasteiger charge is 2.28. The molecule has 1 aliphatic heterocycles. The number of nitrogens with zero attached hydrogens (tertiary/aromatic N) is 2. The summed E-state index contributed by atoms with van der Waals surface area (Å²) in [6.07, 6.45) is 2.27. The fourth-order valence-electron chi connectivity index (χ4n) is 2.92. The molecule has 0 saturated carbocycles. The second-order valence-electron chi connectivity index (χ2n) is 7.21. The highest BCUT2D eigenvalue weighted by molar-refractivity contribution is 14.0. The summed E-state index contributed by atoms with van der Waals surface area (Å²) < 4.78 is 0. The zero-order chi connectivity index (χ0) is 17.6. The normalized spacial score (nSPS) is 18.0. The lowest BCUT2D eigenvalue weighted by Gasteiger charge is -2.24. The third-order valence-corrected chi connectivity index (χ3v) is 4.58. The van der Waals surface area contributed by atoms with Crippen LogP contribution >= 0.6 is 24.0 Å². The Balaban J connectivity index is 0.00000312. The SMILES string of the molecule is CCNC(=NCC(C)(C)C(N)=O)N1CCC(Cc2ccccc2)C1.I. The number of hydrogen-bond acceptors (Lipinski definition) is 2. The Morgan fingerprint density at radius 3 is 2.64 bits per heavy atom. The van der Waals surface area contributed by atoms with Gasteiger partial charge in [-0.25, -0.2) is 0 Å². The van der Waals surface area contributed by atoms with Crippen LogP contribution in [-0.4, -0.2) is 42.9 Å². The molecule has 3 N–H and O–H groups in total. The number of likely N-dealkylation sites (tertiary alicyclic amines) is 1. The van der Waals surface area contributed by atoms with Gasteiger partial charge in [-0.1, -0.05) is 30.3 Å². The number of rotatable bonds is 6. The zero-order valence-electron chi connectivity index (χ0n) is 15.5. The molecule has 1 aromatic carbocycles. The third kappa shape index (κ3) is 6.49. The number of nitrogens with one attached hydrogen (secondary N) is 1. The standard InChI is InChI=1S/C19H30N4O.HI/c1-4-21-18(22-14-19(2,3)17(20)24)23-11-10-16(13-23)12-15-8-6-5-7-9-15;/h5-9,16H,4,10-14H2,1-3H3,(H2,20,24)(H,21,22);1H. The summed E-state index contributed by atoms with van der Waals surface area (Å²) in [4.78, 5) is 18.4. The number of benzene rings is 1. The number of aliphatic imine (C=N–C) groups is 1. The van der Waals surface area contributed by atoms with E-state index in [9.17, 15) is 4.79 Å². The maximum Gasteiger partial charge on any atom is 0.224 e. The van der Waals surface area contributed by atoms with Gasteiger partial charge >= 0.3 is 0 Å². The molecule has 1 fully saturated rings. The zero-order valence-corrected chi connectivity index (χ0v) is 17.8. The minimum absolute atomic E-state index is 0. The van der Waals surface area contributed by atoms with E-state index in [0.29, 0.717) is 12.5 Å². The van der Waals surface area contributed by atoms with Crippen molar-refractivity contribution in [3.05, 3.63) is 35.9 Å². The van der Waals surface area contributed by atoms with Gasteiger partial charge in [0.1, 0.15) is 0 Å². The Morgan fingerprint density at radius 2 is 2.04 bits per heavy atom. The second kappa shape index (κ2) is 9.99. The van der Waals surface area contributed by atoms with Gasteiger partial charge in [-0.05, 0) is 45.1 Å². The molecule has 0 aromatic heterocycles. The molecule has 1 saturated heterocycles. The minimum Gasteiger partial charge on any atom is -0.369 e. The van der Waals surface area contributed by atoms with Gasteiger partial charge < -0.3 is 16.0 Å². The molecule has 2 rings (SSSR count). The van der Waals surface area contributed by atoms with E-state index in [4.69, 9.17) is 5.73 Å². The van der Waals surface area contributed by atoms with Crippen molar-refractivity contribution in [2.75, 3.05) is 26.2 Å². The van der Waals surface area contributed by atoms with Crippen LogP contribution < -0.4 is 11.1 Å². The minimum atomic E-state index is -0.621. The van der Waals surface area contributed by atoms with Gasteiger partial charge in [0.05, 0.1) is 12.0 Å². The Bertz CT molecular complexity index is 574. The Kier molecular flexibility index (Phi) is 8.68.